The van der Waals surface area contributed by atoms with Crippen LogP contribution in [0.4, 0.5) is 5.69 Å². The number of hydrogen-bond acceptors (Lipinski definition) is 4. The van der Waals surface area contributed by atoms with E-state index >= 15 is 0 Å². The fourth-order valence-corrected chi connectivity index (χ4v) is 5.67. The standard InChI is InChI=1S/C21H22ClN3O2S2/c1-13(20(27)23-17-5-2-4-16(22)9-17)29-21(28)24-10-14-8-15(12-24)18-6-3-7-19(26)25(18)11-14/h2-7,9,13-15H,8,10-12H2,1H3,(H,23,27)/t13-,14+,15-/m0/s1. The summed E-state index contributed by atoms with van der Waals surface area (Å²) >= 11 is 13.1. The van der Waals surface area contributed by atoms with E-state index < -0.39 is 0 Å². The van der Waals surface area contributed by atoms with Crippen LogP contribution in [0, 0.1) is 5.92 Å². The molecule has 2 aliphatic heterocycles. The predicted octanol–water partition coefficient (Wildman–Crippen LogP) is 3.97. The number of carbonyl (C=O) groups excluding carboxylic acids is 1. The Bertz CT molecular complexity index is 1010. The number of likely N-dealkylation sites (tertiary alicyclic amines) is 1. The Kier molecular flexibility index (Phi) is 5.99. The van der Waals surface area contributed by atoms with Crippen molar-refractivity contribution < 1.29 is 4.79 Å². The zero-order valence-electron chi connectivity index (χ0n) is 16.0. The number of anilines is 1. The molecule has 3 atom stereocenters. The molecule has 3 heterocycles. The Morgan fingerprint density at radius 2 is 2.03 bits per heavy atom. The second-order valence-corrected chi connectivity index (χ2v) is 10.0. The topological polar surface area (TPSA) is 54.3 Å². The largest absolute Gasteiger partial charge is 0.356 e. The molecule has 8 heteroatoms. The number of thioether (sulfide) groups is 1. The van der Waals surface area contributed by atoms with Crippen LogP contribution in [0.25, 0.3) is 0 Å². The first kappa shape index (κ1) is 20.4. The average Bonchev–Trinajstić information content (AvgIpc) is 2.68. The number of piperidine rings is 1. The van der Waals surface area contributed by atoms with E-state index in [9.17, 15) is 9.59 Å². The van der Waals surface area contributed by atoms with Crippen LogP contribution < -0.4 is 10.9 Å². The minimum absolute atomic E-state index is 0.0777. The molecular formula is C21H22ClN3O2S2. The van der Waals surface area contributed by atoms with Crippen molar-refractivity contribution in [3.63, 3.8) is 0 Å². The van der Waals surface area contributed by atoms with E-state index in [0.29, 0.717) is 22.5 Å². The van der Waals surface area contributed by atoms with Crippen LogP contribution in [0.1, 0.15) is 25.0 Å². The molecule has 1 N–H and O–H groups in total. The number of hydrogen-bond donors (Lipinski definition) is 1. The quantitative estimate of drug-likeness (QED) is 0.721. The summed E-state index contributed by atoms with van der Waals surface area (Å²) in [6.07, 6.45) is 1.08. The number of halogens is 1. The average molecular weight is 448 g/mol. The molecular weight excluding hydrogens is 426 g/mol. The number of nitrogens with zero attached hydrogens (tertiary/aromatic N) is 2. The lowest BCUT2D eigenvalue weighted by Gasteiger charge is -2.43. The van der Waals surface area contributed by atoms with Crippen LogP contribution in [0.2, 0.25) is 5.02 Å². The highest BCUT2D eigenvalue weighted by Gasteiger charge is 2.35. The van der Waals surface area contributed by atoms with Crippen molar-refractivity contribution in [1.82, 2.24) is 9.47 Å². The van der Waals surface area contributed by atoms with Crippen LogP contribution in [0.3, 0.4) is 0 Å². The molecule has 2 aliphatic rings. The zero-order chi connectivity index (χ0) is 20.5. The molecule has 4 rings (SSSR count). The molecule has 0 unspecified atom stereocenters. The summed E-state index contributed by atoms with van der Waals surface area (Å²) in [5, 5.41) is 3.15. The van der Waals surface area contributed by atoms with Gasteiger partial charge in [0.25, 0.3) is 5.56 Å². The molecule has 1 saturated heterocycles. The van der Waals surface area contributed by atoms with Gasteiger partial charge in [-0.2, -0.15) is 0 Å². The molecule has 152 valence electrons. The third kappa shape index (κ3) is 4.52. The normalized spacial score (nSPS) is 21.2. The van der Waals surface area contributed by atoms with E-state index in [0.717, 1.165) is 36.1 Å². The number of nitrogens with one attached hydrogen (secondary N) is 1. The molecule has 5 nitrogen and oxygen atoms in total. The Morgan fingerprint density at radius 3 is 2.83 bits per heavy atom. The number of fused-ring (bicyclic) bond motifs is 4. The van der Waals surface area contributed by atoms with Gasteiger partial charge in [-0.05, 0) is 43.5 Å². The van der Waals surface area contributed by atoms with Gasteiger partial charge >= 0.3 is 0 Å². The van der Waals surface area contributed by atoms with Gasteiger partial charge in [0.15, 0.2) is 0 Å². The van der Waals surface area contributed by atoms with Gasteiger partial charge < -0.3 is 14.8 Å². The number of pyridine rings is 1. The summed E-state index contributed by atoms with van der Waals surface area (Å²) in [5.74, 6) is 0.592. The van der Waals surface area contributed by atoms with E-state index in [-0.39, 0.29) is 16.7 Å². The minimum atomic E-state index is -0.321. The summed E-state index contributed by atoms with van der Waals surface area (Å²) in [6, 6.07) is 12.6. The molecule has 0 saturated carbocycles. The van der Waals surface area contributed by atoms with Crippen molar-refractivity contribution in [2.75, 3.05) is 18.4 Å². The van der Waals surface area contributed by atoms with Crippen molar-refractivity contribution in [2.45, 2.75) is 31.1 Å². The van der Waals surface area contributed by atoms with Gasteiger partial charge in [0.05, 0.1) is 5.25 Å². The lowest BCUT2D eigenvalue weighted by molar-refractivity contribution is -0.115. The van der Waals surface area contributed by atoms with E-state index in [1.807, 2.05) is 29.7 Å². The Hall–Kier alpha value is -1.83. The van der Waals surface area contributed by atoms with Crippen LogP contribution in [0.15, 0.2) is 47.3 Å². The summed E-state index contributed by atoms with van der Waals surface area (Å²) < 4.78 is 2.65. The minimum Gasteiger partial charge on any atom is -0.356 e. The number of rotatable bonds is 3. The summed E-state index contributed by atoms with van der Waals surface area (Å²) in [5.41, 5.74) is 1.85. The molecule has 1 aromatic heterocycles. The first-order valence-corrected chi connectivity index (χ1v) is 11.3. The number of thiocarbonyl (C=S) groups is 1. The fraction of sp³-hybridized carbons (Fsp3) is 0.381. The van der Waals surface area contributed by atoms with Crippen LogP contribution in [0.5, 0.6) is 0 Å². The summed E-state index contributed by atoms with van der Waals surface area (Å²) in [6.45, 7) is 4.21. The Labute approximate surface area is 184 Å². The van der Waals surface area contributed by atoms with E-state index in [2.05, 4.69) is 10.2 Å². The molecule has 0 radical (unpaired) electrons. The van der Waals surface area contributed by atoms with Crippen molar-refractivity contribution in [3.05, 3.63) is 63.5 Å². The summed E-state index contributed by atoms with van der Waals surface area (Å²) in [7, 11) is 0. The molecule has 1 fully saturated rings. The van der Waals surface area contributed by atoms with Crippen LogP contribution in [-0.4, -0.2) is 38.0 Å². The maximum absolute atomic E-state index is 12.5. The van der Waals surface area contributed by atoms with E-state index in [4.69, 9.17) is 23.8 Å². The third-order valence-corrected chi connectivity index (χ3v) is 7.29. The maximum atomic E-state index is 12.5. The molecule has 1 amide bonds. The Balaban J connectivity index is 1.39. The fourth-order valence-electron chi connectivity index (χ4n) is 4.13. The predicted molar refractivity (Wildman–Crippen MR) is 123 cm³/mol. The molecule has 29 heavy (non-hydrogen) atoms. The van der Waals surface area contributed by atoms with Crippen molar-refractivity contribution in [1.29, 1.82) is 0 Å². The highest BCUT2D eigenvalue weighted by molar-refractivity contribution is 8.23. The van der Waals surface area contributed by atoms with Gasteiger partial charge in [-0.3, -0.25) is 9.59 Å². The van der Waals surface area contributed by atoms with Crippen LogP contribution >= 0.6 is 35.6 Å². The lowest BCUT2D eigenvalue weighted by Crippen LogP contribution is -2.48. The second kappa shape index (κ2) is 8.50. The van der Waals surface area contributed by atoms with Gasteiger partial charge in [-0.25, -0.2) is 0 Å². The molecule has 2 bridgehead atoms. The Morgan fingerprint density at radius 1 is 1.24 bits per heavy atom. The second-order valence-electron chi connectivity index (χ2n) is 7.63. The van der Waals surface area contributed by atoms with Crippen molar-refractivity contribution in [3.8, 4) is 0 Å². The molecule has 0 spiro atoms. The van der Waals surface area contributed by atoms with Gasteiger partial charge in [0.2, 0.25) is 5.91 Å². The van der Waals surface area contributed by atoms with Gasteiger partial charge in [-0.15, -0.1) is 0 Å². The number of aromatic nitrogens is 1. The van der Waals surface area contributed by atoms with Crippen LogP contribution in [-0.2, 0) is 11.3 Å². The smallest absolute Gasteiger partial charge is 0.250 e. The van der Waals surface area contributed by atoms with Gasteiger partial charge in [0, 0.05) is 48.0 Å². The van der Waals surface area contributed by atoms with Gasteiger partial charge in [0.1, 0.15) is 4.32 Å². The highest BCUT2D eigenvalue weighted by atomic mass is 35.5. The third-order valence-electron chi connectivity index (χ3n) is 5.48. The molecule has 2 aromatic rings. The number of benzene rings is 1. The molecule has 0 aliphatic carbocycles. The van der Waals surface area contributed by atoms with Gasteiger partial charge in [-0.1, -0.05) is 47.7 Å². The maximum Gasteiger partial charge on any atom is 0.250 e. The summed E-state index contributed by atoms with van der Waals surface area (Å²) in [4.78, 5) is 26.9. The lowest BCUT2D eigenvalue weighted by atomic mass is 9.83. The number of carbonyl (C=O) groups is 1. The highest BCUT2D eigenvalue weighted by Crippen LogP contribution is 2.36. The van der Waals surface area contributed by atoms with Crippen molar-refractivity contribution in [2.24, 2.45) is 5.92 Å². The first-order chi connectivity index (χ1) is 13.9. The first-order valence-electron chi connectivity index (χ1n) is 9.62. The molecule has 1 aromatic carbocycles. The SMILES string of the molecule is C[C@H](SC(=S)N1C[C@H]2C[C@@H](C1)c1cccc(=O)n1C2)C(=O)Nc1cccc(Cl)c1. The van der Waals surface area contributed by atoms with E-state index in [1.165, 1.54) is 11.8 Å². The number of amides is 1. The van der Waals surface area contributed by atoms with E-state index in [1.54, 1.807) is 24.3 Å². The zero-order valence-corrected chi connectivity index (χ0v) is 18.4. The monoisotopic (exact) mass is 447 g/mol. The van der Waals surface area contributed by atoms with Crippen molar-refractivity contribution >= 4 is 51.5 Å².